The summed E-state index contributed by atoms with van der Waals surface area (Å²) < 4.78 is 24.4. The maximum absolute atomic E-state index is 13.4. The standard InChI is InChI=1S/C22H33FN4O2.HI/c1-3-24-22(27-11-8-19(9-12-27)29-14-4-13-28-2)25-10-7-17-16-26-21-15-18(23)5-6-20(17)21;/h5-6,15-16,19,26H,3-4,7-14H2,1-2H3,(H,24,25);1H. The zero-order chi connectivity index (χ0) is 20.5. The molecule has 1 saturated heterocycles. The lowest BCUT2D eigenvalue weighted by molar-refractivity contribution is 0.00991. The number of halogens is 2. The SMILES string of the molecule is CCNC(=NCCc1c[nH]c2cc(F)ccc12)N1CCC(OCCCOC)CC1.I. The Morgan fingerprint density at radius 3 is 2.83 bits per heavy atom. The summed E-state index contributed by atoms with van der Waals surface area (Å²) in [5.41, 5.74) is 2.01. The van der Waals surface area contributed by atoms with Crippen LogP contribution in [0.2, 0.25) is 0 Å². The van der Waals surface area contributed by atoms with E-state index >= 15 is 0 Å². The maximum Gasteiger partial charge on any atom is 0.193 e. The van der Waals surface area contributed by atoms with Gasteiger partial charge in [0.2, 0.25) is 0 Å². The Balaban J connectivity index is 0.00000320. The molecule has 0 bridgehead atoms. The number of aromatic amines is 1. The number of hydrogen-bond acceptors (Lipinski definition) is 3. The monoisotopic (exact) mass is 532 g/mol. The number of aromatic nitrogens is 1. The van der Waals surface area contributed by atoms with Crippen molar-refractivity contribution < 1.29 is 13.9 Å². The van der Waals surface area contributed by atoms with Crippen LogP contribution in [0.1, 0.15) is 31.7 Å². The summed E-state index contributed by atoms with van der Waals surface area (Å²) in [6.45, 7) is 7.05. The average Bonchev–Trinajstić information content (AvgIpc) is 3.13. The average molecular weight is 532 g/mol. The van der Waals surface area contributed by atoms with Gasteiger partial charge in [-0.25, -0.2) is 4.39 Å². The molecule has 0 radical (unpaired) electrons. The van der Waals surface area contributed by atoms with Gasteiger partial charge in [-0.05, 0) is 56.4 Å². The normalized spacial score (nSPS) is 15.4. The summed E-state index contributed by atoms with van der Waals surface area (Å²) in [5.74, 6) is 0.751. The van der Waals surface area contributed by atoms with Crippen molar-refractivity contribution in [2.45, 2.75) is 38.7 Å². The first kappa shape index (κ1) is 24.9. The number of aliphatic imine (C=N–C) groups is 1. The van der Waals surface area contributed by atoms with Gasteiger partial charge in [0.05, 0.1) is 6.10 Å². The molecule has 0 unspecified atom stereocenters. The number of fused-ring (bicyclic) bond motifs is 1. The molecule has 8 heteroatoms. The van der Waals surface area contributed by atoms with Gasteiger partial charge in [0.1, 0.15) is 5.82 Å². The molecule has 1 aliphatic rings. The molecule has 1 aromatic heterocycles. The molecule has 0 atom stereocenters. The zero-order valence-electron chi connectivity index (χ0n) is 18.0. The van der Waals surface area contributed by atoms with Gasteiger partial charge in [-0.1, -0.05) is 0 Å². The molecule has 0 spiro atoms. The van der Waals surface area contributed by atoms with Gasteiger partial charge in [0.25, 0.3) is 0 Å². The molecule has 0 amide bonds. The van der Waals surface area contributed by atoms with Crippen LogP contribution in [0.5, 0.6) is 0 Å². The number of likely N-dealkylation sites (tertiary alicyclic amines) is 1. The highest BCUT2D eigenvalue weighted by molar-refractivity contribution is 14.0. The highest BCUT2D eigenvalue weighted by Crippen LogP contribution is 2.20. The van der Waals surface area contributed by atoms with Crippen molar-refractivity contribution in [3.63, 3.8) is 0 Å². The summed E-state index contributed by atoms with van der Waals surface area (Å²) in [7, 11) is 1.72. The second-order valence-electron chi connectivity index (χ2n) is 7.39. The molecule has 2 heterocycles. The van der Waals surface area contributed by atoms with Gasteiger partial charge in [-0.2, -0.15) is 0 Å². The second-order valence-corrected chi connectivity index (χ2v) is 7.39. The van der Waals surface area contributed by atoms with Crippen LogP contribution >= 0.6 is 24.0 Å². The fraction of sp³-hybridized carbons (Fsp3) is 0.591. The number of nitrogens with zero attached hydrogens (tertiary/aromatic N) is 2. The third-order valence-corrected chi connectivity index (χ3v) is 5.29. The van der Waals surface area contributed by atoms with E-state index in [4.69, 9.17) is 14.5 Å². The van der Waals surface area contributed by atoms with Gasteiger partial charge in [0.15, 0.2) is 5.96 Å². The van der Waals surface area contributed by atoms with Gasteiger partial charge in [0, 0.05) is 63.6 Å². The van der Waals surface area contributed by atoms with Gasteiger partial charge in [-0.3, -0.25) is 4.99 Å². The summed E-state index contributed by atoms with van der Waals surface area (Å²) in [4.78, 5) is 10.3. The van der Waals surface area contributed by atoms with Gasteiger partial charge in [-0.15, -0.1) is 24.0 Å². The Hall–Kier alpha value is -1.39. The molecule has 0 saturated carbocycles. The highest BCUT2D eigenvalue weighted by Gasteiger charge is 2.21. The number of hydrogen-bond donors (Lipinski definition) is 2. The largest absolute Gasteiger partial charge is 0.385 e. The first-order valence-electron chi connectivity index (χ1n) is 10.6. The number of benzene rings is 1. The van der Waals surface area contributed by atoms with E-state index in [2.05, 4.69) is 22.1 Å². The molecule has 30 heavy (non-hydrogen) atoms. The van der Waals surface area contributed by atoms with E-state index in [0.29, 0.717) is 12.6 Å². The van der Waals surface area contributed by atoms with E-state index in [1.54, 1.807) is 7.11 Å². The number of methoxy groups -OCH3 is 1. The summed E-state index contributed by atoms with van der Waals surface area (Å²) in [5, 5.41) is 4.48. The number of nitrogens with one attached hydrogen (secondary N) is 2. The van der Waals surface area contributed by atoms with E-state index in [9.17, 15) is 4.39 Å². The number of rotatable bonds is 9. The maximum atomic E-state index is 13.4. The van der Waals surface area contributed by atoms with Crippen LogP contribution in [0.25, 0.3) is 10.9 Å². The Morgan fingerprint density at radius 2 is 2.10 bits per heavy atom. The lowest BCUT2D eigenvalue weighted by atomic mass is 10.1. The highest BCUT2D eigenvalue weighted by atomic mass is 127. The van der Waals surface area contributed by atoms with E-state index in [1.165, 1.54) is 17.7 Å². The number of H-pyrrole nitrogens is 1. The lowest BCUT2D eigenvalue weighted by Gasteiger charge is -2.34. The third-order valence-electron chi connectivity index (χ3n) is 5.29. The van der Waals surface area contributed by atoms with E-state index in [0.717, 1.165) is 75.4 Å². The summed E-state index contributed by atoms with van der Waals surface area (Å²) >= 11 is 0. The minimum absolute atomic E-state index is 0. The Labute approximate surface area is 195 Å². The van der Waals surface area contributed by atoms with Crippen molar-refractivity contribution in [1.29, 1.82) is 0 Å². The van der Waals surface area contributed by atoms with Gasteiger partial charge >= 0.3 is 0 Å². The van der Waals surface area contributed by atoms with Crippen molar-refractivity contribution in [1.82, 2.24) is 15.2 Å². The van der Waals surface area contributed by atoms with E-state index in [1.807, 2.05) is 12.3 Å². The van der Waals surface area contributed by atoms with Crippen molar-refractivity contribution in [2.24, 2.45) is 4.99 Å². The molecule has 3 rings (SSSR count). The first-order chi connectivity index (χ1) is 14.2. The Bertz CT molecular complexity index is 791. The predicted octanol–water partition coefficient (Wildman–Crippen LogP) is 3.95. The van der Waals surface area contributed by atoms with Crippen LogP contribution < -0.4 is 5.32 Å². The van der Waals surface area contributed by atoms with E-state index in [-0.39, 0.29) is 29.8 Å². The number of guanidine groups is 1. The molecular formula is C22H34FIN4O2. The van der Waals surface area contributed by atoms with Crippen LogP contribution in [0.3, 0.4) is 0 Å². The third kappa shape index (κ3) is 7.09. The van der Waals surface area contributed by atoms with Crippen molar-refractivity contribution in [3.05, 3.63) is 35.8 Å². The molecule has 2 aromatic rings. The molecule has 1 aromatic carbocycles. The second kappa shape index (κ2) is 13.1. The van der Waals surface area contributed by atoms with Gasteiger partial charge < -0.3 is 24.7 Å². The topological polar surface area (TPSA) is 61.9 Å². The van der Waals surface area contributed by atoms with Crippen LogP contribution in [0.15, 0.2) is 29.4 Å². The summed E-state index contributed by atoms with van der Waals surface area (Å²) in [6.07, 6.45) is 6.09. The smallest absolute Gasteiger partial charge is 0.193 e. The summed E-state index contributed by atoms with van der Waals surface area (Å²) in [6, 6.07) is 4.88. The molecule has 2 N–H and O–H groups in total. The molecular weight excluding hydrogens is 498 g/mol. The predicted molar refractivity (Wildman–Crippen MR) is 130 cm³/mol. The van der Waals surface area contributed by atoms with Crippen molar-refractivity contribution >= 4 is 40.8 Å². The molecule has 168 valence electrons. The molecule has 1 aliphatic heterocycles. The Kier molecular flexibility index (Phi) is 10.9. The van der Waals surface area contributed by atoms with Crippen LogP contribution in [-0.4, -0.2) is 68.4 Å². The van der Waals surface area contributed by atoms with E-state index < -0.39 is 0 Å². The Morgan fingerprint density at radius 1 is 1.30 bits per heavy atom. The van der Waals surface area contributed by atoms with Crippen molar-refractivity contribution in [3.8, 4) is 0 Å². The fourth-order valence-corrected chi connectivity index (χ4v) is 3.76. The van der Waals surface area contributed by atoms with Crippen LogP contribution in [0.4, 0.5) is 4.39 Å². The van der Waals surface area contributed by atoms with Crippen LogP contribution in [0, 0.1) is 5.82 Å². The molecule has 1 fully saturated rings. The van der Waals surface area contributed by atoms with Crippen molar-refractivity contribution in [2.75, 3.05) is 46.5 Å². The molecule has 0 aliphatic carbocycles. The van der Waals surface area contributed by atoms with Crippen LogP contribution in [-0.2, 0) is 15.9 Å². The minimum atomic E-state index is -0.218. The fourth-order valence-electron chi connectivity index (χ4n) is 3.76. The molecule has 6 nitrogen and oxygen atoms in total. The zero-order valence-corrected chi connectivity index (χ0v) is 20.3. The number of ether oxygens (including phenoxy) is 2. The lowest BCUT2D eigenvalue weighted by Crippen LogP contribution is -2.47. The quantitative estimate of drug-likeness (QED) is 0.222. The number of piperidine rings is 1. The first-order valence-corrected chi connectivity index (χ1v) is 10.6. The minimum Gasteiger partial charge on any atom is -0.385 e.